The molecule has 3 heteroatoms. The minimum atomic E-state index is -1.14. The van der Waals surface area contributed by atoms with Crippen LogP contribution in [0.25, 0.3) is 0 Å². The van der Waals surface area contributed by atoms with Crippen molar-refractivity contribution in [2.45, 2.75) is 20.8 Å². The van der Waals surface area contributed by atoms with Crippen molar-refractivity contribution in [3.8, 4) is 0 Å². The van der Waals surface area contributed by atoms with Gasteiger partial charge in [-0.25, -0.2) is 0 Å². The highest BCUT2D eigenvalue weighted by molar-refractivity contribution is 7.90. The molecule has 0 aromatic rings. The SMILES string of the molecule is CC[P+](C)(CC)C(C)=O.[I-]. The van der Waals surface area contributed by atoms with E-state index in [1.54, 1.807) is 6.92 Å². The molecule has 10 heavy (non-hydrogen) atoms. The summed E-state index contributed by atoms with van der Waals surface area (Å²) in [5, 5.41) is 0. The first kappa shape index (κ1) is 13.4. The van der Waals surface area contributed by atoms with Gasteiger partial charge in [0.05, 0.1) is 26.3 Å². The zero-order valence-electron chi connectivity index (χ0n) is 7.15. The van der Waals surface area contributed by atoms with E-state index in [2.05, 4.69) is 20.5 Å². The van der Waals surface area contributed by atoms with E-state index in [9.17, 15) is 4.79 Å². The van der Waals surface area contributed by atoms with Crippen LogP contribution in [0.5, 0.6) is 0 Å². The highest BCUT2D eigenvalue weighted by Gasteiger charge is 2.32. The van der Waals surface area contributed by atoms with Gasteiger partial charge in [-0.2, -0.15) is 0 Å². The molecule has 0 saturated heterocycles. The van der Waals surface area contributed by atoms with E-state index in [0.29, 0.717) is 5.52 Å². The van der Waals surface area contributed by atoms with Crippen LogP contribution in [-0.4, -0.2) is 24.5 Å². The Hall–Kier alpha value is 0.830. The van der Waals surface area contributed by atoms with E-state index < -0.39 is 7.26 Å². The largest absolute Gasteiger partial charge is 1.00 e. The van der Waals surface area contributed by atoms with Gasteiger partial charge >= 0.3 is 0 Å². The van der Waals surface area contributed by atoms with Crippen molar-refractivity contribution in [1.82, 2.24) is 0 Å². The van der Waals surface area contributed by atoms with Crippen molar-refractivity contribution in [2.75, 3.05) is 19.0 Å². The van der Waals surface area contributed by atoms with Gasteiger partial charge in [0.15, 0.2) is 0 Å². The molecule has 0 fully saturated rings. The predicted octanol–water partition coefficient (Wildman–Crippen LogP) is -0.776. The van der Waals surface area contributed by atoms with E-state index in [0.717, 1.165) is 12.3 Å². The molecule has 0 radical (unpaired) electrons. The van der Waals surface area contributed by atoms with Gasteiger partial charge in [-0.05, 0) is 13.8 Å². The Balaban J connectivity index is 0. The second kappa shape index (κ2) is 5.48. The minimum Gasteiger partial charge on any atom is -1.00 e. The van der Waals surface area contributed by atoms with Gasteiger partial charge in [-0.15, -0.1) is 0 Å². The van der Waals surface area contributed by atoms with Crippen LogP contribution in [0, 0.1) is 0 Å². The third-order valence-electron chi connectivity index (χ3n) is 2.16. The number of carbonyl (C=O) groups excluding carboxylic acids is 1. The highest BCUT2D eigenvalue weighted by atomic mass is 127. The van der Waals surface area contributed by atoms with Gasteiger partial charge < -0.3 is 24.0 Å². The van der Waals surface area contributed by atoms with E-state index in [1.165, 1.54) is 0 Å². The quantitative estimate of drug-likeness (QED) is 0.487. The summed E-state index contributed by atoms with van der Waals surface area (Å²) in [5.41, 5.74) is 0.424. The maximum atomic E-state index is 11.0. The van der Waals surface area contributed by atoms with Crippen LogP contribution >= 0.6 is 7.26 Å². The maximum Gasteiger partial charge on any atom is 0.264 e. The van der Waals surface area contributed by atoms with Crippen LogP contribution < -0.4 is 24.0 Å². The summed E-state index contributed by atoms with van der Waals surface area (Å²) in [6.45, 7) is 8.08. The standard InChI is InChI=1S/C7H16OP.HI/c1-5-9(4,6-2)7(3)8;/h5-6H2,1-4H3;1H/q+1;/p-1. The number of carbonyl (C=O) groups is 1. The molecule has 0 saturated carbocycles. The lowest BCUT2D eigenvalue weighted by molar-refractivity contribution is -0.109. The molecule has 0 aromatic heterocycles. The molecule has 0 N–H and O–H groups in total. The molecule has 0 aliphatic carbocycles. The Labute approximate surface area is 81.3 Å². The topological polar surface area (TPSA) is 17.1 Å². The molecular formula is C7H16IOP. The molecule has 0 amide bonds. The average Bonchev–Trinajstić information content (AvgIpc) is 1.86. The molecule has 0 aliphatic rings. The maximum absolute atomic E-state index is 11.0. The van der Waals surface area contributed by atoms with Crippen LogP contribution in [0.2, 0.25) is 0 Å². The van der Waals surface area contributed by atoms with Crippen molar-refractivity contribution >= 4 is 12.8 Å². The summed E-state index contributed by atoms with van der Waals surface area (Å²) < 4.78 is 0. The van der Waals surface area contributed by atoms with Gasteiger partial charge in [0, 0.05) is 6.92 Å². The lowest BCUT2D eigenvalue weighted by Crippen LogP contribution is -3.00. The van der Waals surface area contributed by atoms with Crippen molar-refractivity contribution in [3.05, 3.63) is 0 Å². The summed E-state index contributed by atoms with van der Waals surface area (Å²) in [7, 11) is -1.14. The molecule has 0 heterocycles. The number of rotatable bonds is 3. The first-order valence-corrected chi connectivity index (χ1v) is 6.03. The fourth-order valence-electron chi connectivity index (χ4n) is 0.669. The summed E-state index contributed by atoms with van der Waals surface area (Å²) in [6, 6.07) is 0. The first-order valence-electron chi connectivity index (χ1n) is 3.42. The van der Waals surface area contributed by atoms with Crippen LogP contribution in [0.1, 0.15) is 20.8 Å². The van der Waals surface area contributed by atoms with Crippen molar-refractivity contribution in [1.29, 1.82) is 0 Å². The van der Waals surface area contributed by atoms with Gasteiger partial charge in [0.2, 0.25) is 0 Å². The lowest BCUT2D eigenvalue weighted by Gasteiger charge is -2.13. The molecule has 0 rings (SSSR count). The van der Waals surface area contributed by atoms with Gasteiger partial charge in [0.25, 0.3) is 5.52 Å². The fraction of sp³-hybridized carbons (Fsp3) is 0.857. The Morgan fingerprint density at radius 1 is 1.30 bits per heavy atom. The van der Waals surface area contributed by atoms with Gasteiger partial charge in [-0.1, -0.05) is 0 Å². The first-order chi connectivity index (χ1) is 4.06. The molecule has 0 bridgehead atoms. The minimum absolute atomic E-state index is 0. The van der Waals surface area contributed by atoms with Crippen molar-refractivity contribution in [2.24, 2.45) is 0 Å². The van der Waals surface area contributed by atoms with Gasteiger partial charge in [0.1, 0.15) is 0 Å². The predicted molar refractivity (Wildman–Crippen MR) is 44.6 cm³/mol. The highest BCUT2D eigenvalue weighted by Crippen LogP contribution is 2.54. The van der Waals surface area contributed by atoms with E-state index in [-0.39, 0.29) is 24.0 Å². The zero-order chi connectivity index (χ0) is 7.49. The van der Waals surface area contributed by atoms with E-state index >= 15 is 0 Å². The zero-order valence-corrected chi connectivity index (χ0v) is 10.2. The van der Waals surface area contributed by atoms with E-state index in [1.807, 2.05) is 0 Å². The molecule has 0 spiro atoms. The molecule has 0 atom stereocenters. The summed E-state index contributed by atoms with van der Waals surface area (Å²) in [4.78, 5) is 11.0. The smallest absolute Gasteiger partial charge is 0.264 e. The molecular weight excluding hydrogens is 258 g/mol. The van der Waals surface area contributed by atoms with Crippen LogP contribution in [0.4, 0.5) is 0 Å². The Morgan fingerprint density at radius 2 is 1.60 bits per heavy atom. The van der Waals surface area contributed by atoms with E-state index in [4.69, 9.17) is 0 Å². The van der Waals surface area contributed by atoms with Crippen LogP contribution in [0.15, 0.2) is 0 Å². The number of halogens is 1. The number of hydrogen-bond donors (Lipinski definition) is 0. The van der Waals surface area contributed by atoms with Crippen molar-refractivity contribution < 1.29 is 28.8 Å². The lowest BCUT2D eigenvalue weighted by atomic mass is 10.9. The van der Waals surface area contributed by atoms with Crippen LogP contribution in [-0.2, 0) is 4.79 Å². The third kappa shape index (κ3) is 3.29. The Morgan fingerprint density at radius 3 is 1.60 bits per heavy atom. The number of hydrogen-bond acceptors (Lipinski definition) is 1. The summed E-state index contributed by atoms with van der Waals surface area (Å²) >= 11 is 0. The monoisotopic (exact) mass is 274 g/mol. The van der Waals surface area contributed by atoms with Crippen LogP contribution in [0.3, 0.4) is 0 Å². The molecule has 62 valence electrons. The summed E-state index contributed by atoms with van der Waals surface area (Å²) in [6.07, 6.45) is 2.14. The summed E-state index contributed by atoms with van der Waals surface area (Å²) in [5.74, 6) is 0. The van der Waals surface area contributed by atoms with Crippen molar-refractivity contribution in [3.63, 3.8) is 0 Å². The molecule has 1 nitrogen and oxygen atoms in total. The second-order valence-corrected chi connectivity index (χ2v) is 7.23. The molecule has 0 aliphatic heterocycles. The van der Waals surface area contributed by atoms with Gasteiger partial charge in [-0.3, -0.25) is 4.79 Å². The fourth-order valence-corrected chi connectivity index (χ4v) is 2.01. The Kier molecular flexibility index (Phi) is 7.35. The normalized spacial score (nSPS) is 10.4. The average molecular weight is 274 g/mol. The molecule has 0 aromatic carbocycles. The third-order valence-corrected chi connectivity index (χ3v) is 6.47. The Bertz CT molecular complexity index is 110. The second-order valence-electron chi connectivity index (χ2n) is 2.55. The molecule has 0 unspecified atom stereocenters.